The Balaban J connectivity index is 1.56. The summed E-state index contributed by atoms with van der Waals surface area (Å²) in [6, 6.07) is 4.99. The van der Waals surface area contributed by atoms with Gasteiger partial charge in [-0.2, -0.15) is 0 Å². The number of pyridine rings is 1. The number of piperidine rings is 1. The Morgan fingerprint density at radius 1 is 1.28 bits per heavy atom. The standard InChI is InChI=1S/C15H25N3/c1-18-13-3-2-4-15(18)8-12-17-11-7-14-5-9-16-10-6-14/h5-6,9-10,15,17H,2-4,7-8,11-13H2,1H3. The molecule has 1 atom stereocenters. The molecular weight excluding hydrogens is 222 g/mol. The quantitative estimate of drug-likeness (QED) is 0.780. The smallest absolute Gasteiger partial charge is 0.0270 e. The Kier molecular flexibility index (Phi) is 5.62. The van der Waals surface area contributed by atoms with Crippen LogP contribution in [-0.2, 0) is 6.42 Å². The zero-order chi connectivity index (χ0) is 12.6. The van der Waals surface area contributed by atoms with E-state index < -0.39 is 0 Å². The molecule has 0 radical (unpaired) electrons. The zero-order valence-electron chi connectivity index (χ0n) is 11.4. The van der Waals surface area contributed by atoms with Gasteiger partial charge in [0, 0.05) is 18.4 Å². The summed E-state index contributed by atoms with van der Waals surface area (Å²) in [5.74, 6) is 0. The van der Waals surface area contributed by atoms with Gasteiger partial charge in [0.2, 0.25) is 0 Å². The van der Waals surface area contributed by atoms with E-state index in [0.29, 0.717) is 0 Å². The monoisotopic (exact) mass is 247 g/mol. The summed E-state index contributed by atoms with van der Waals surface area (Å²) in [6.45, 7) is 3.49. The van der Waals surface area contributed by atoms with E-state index in [2.05, 4.69) is 34.4 Å². The van der Waals surface area contributed by atoms with Gasteiger partial charge < -0.3 is 10.2 Å². The van der Waals surface area contributed by atoms with Gasteiger partial charge in [-0.3, -0.25) is 4.98 Å². The van der Waals surface area contributed by atoms with Crippen LogP contribution in [0.2, 0.25) is 0 Å². The van der Waals surface area contributed by atoms with E-state index in [1.807, 2.05) is 12.4 Å². The molecule has 1 fully saturated rings. The first-order valence-electron chi connectivity index (χ1n) is 7.16. The molecule has 0 bridgehead atoms. The second-order valence-corrected chi connectivity index (χ2v) is 5.27. The molecule has 1 saturated heterocycles. The highest BCUT2D eigenvalue weighted by Crippen LogP contribution is 2.16. The molecule has 0 spiro atoms. The van der Waals surface area contributed by atoms with Crippen LogP contribution in [0.15, 0.2) is 24.5 Å². The SMILES string of the molecule is CN1CCCCC1CCNCCc1ccncc1. The summed E-state index contributed by atoms with van der Waals surface area (Å²) in [5.41, 5.74) is 1.37. The molecule has 18 heavy (non-hydrogen) atoms. The average Bonchev–Trinajstić information content (AvgIpc) is 2.42. The fraction of sp³-hybridized carbons (Fsp3) is 0.667. The normalized spacial score (nSPS) is 21.1. The number of hydrogen-bond donors (Lipinski definition) is 1. The molecule has 1 aliphatic rings. The molecule has 0 amide bonds. The van der Waals surface area contributed by atoms with Crippen molar-refractivity contribution in [3.8, 4) is 0 Å². The van der Waals surface area contributed by atoms with Crippen molar-refractivity contribution in [2.75, 3.05) is 26.7 Å². The zero-order valence-corrected chi connectivity index (χ0v) is 11.4. The lowest BCUT2D eigenvalue weighted by molar-refractivity contribution is 0.175. The van der Waals surface area contributed by atoms with E-state index in [1.54, 1.807) is 0 Å². The first kappa shape index (κ1) is 13.5. The maximum Gasteiger partial charge on any atom is 0.0270 e. The van der Waals surface area contributed by atoms with Crippen molar-refractivity contribution in [2.24, 2.45) is 0 Å². The minimum Gasteiger partial charge on any atom is -0.316 e. The highest BCUT2D eigenvalue weighted by atomic mass is 15.1. The topological polar surface area (TPSA) is 28.2 Å². The lowest BCUT2D eigenvalue weighted by Crippen LogP contribution is -2.38. The number of hydrogen-bond acceptors (Lipinski definition) is 3. The van der Waals surface area contributed by atoms with Crippen molar-refractivity contribution in [3.05, 3.63) is 30.1 Å². The van der Waals surface area contributed by atoms with E-state index in [1.165, 1.54) is 37.8 Å². The number of nitrogens with zero attached hydrogens (tertiary/aromatic N) is 2. The summed E-state index contributed by atoms with van der Waals surface area (Å²) in [5, 5.41) is 3.55. The fourth-order valence-corrected chi connectivity index (χ4v) is 2.68. The van der Waals surface area contributed by atoms with Crippen LogP contribution in [0, 0.1) is 0 Å². The van der Waals surface area contributed by atoms with E-state index in [4.69, 9.17) is 0 Å². The van der Waals surface area contributed by atoms with Gasteiger partial charge in [0.05, 0.1) is 0 Å². The molecule has 1 aromatic heterocycles. The van der Waals surface area contributed by atoms with Gasteiger partial charge in [-0.15, -0.1) is 0 Å². The van der Waals surface area contributed by atoms with Crippen LogP contribution >= 0.6 is 0 Å². The Labute approximate surface area is 111 Å². The van der Waals surface area contributed by atoms with E-state index >= 15 is 0 Å². The summed E-state index contributed by atoms with van der Waals surface area (Å²) in [7, 11) is 2.26. The molecule has 1 aromatic rings. The van der Waals surface area contributed by atoms with Crippen LogP contribution in [0.1, 0.15) is 31.2 Å². The molecule has 3 nitrogen and oxygen atoms in total. The minimum absolute atomic E-state index is 0.798. The number of aromatic nitrogens is 1. The largest absolute Gasteiger partial charge is 0.316 e. The molecule has 0 saturated carbocycles. The average molecular weight is 247 g/mol. The summed E-state index contributed by atoms with van der Waals surface area (Å²) in [6.07, 6.45) is 10.3. The summed E-state index contributed by atoms with van der Waals surface area (Å²) < 4.78 is 0. The second kappa shape index (κ2) is 7.49. The van der Waals surface area contributed by atoms with Crippen molar-refractivity contribution in [1.29, 1.82) is 0 Å². The molecular formula is C15H25N3. The number of likely N-dealkylation sites (tertiary alicyclic amines) is 1. The molecule has 0 aliphatic carbocycles. The van der Waals surface area contributed by atoms with Crippen LogP contribution < -0.4 is 5.32 Å². The van der Waals surface area contributed by atoms with Crippen LogP contribution in [0.4, 0.5) is 0 Å². The van der Waals surface area contributed by atoms with Crippen molar-refractivity contribution in [2.45, 2.75) is 38.1 Å². The van der Waals surface area contributed by atoms with Gasteiger partial charge in [-0.05, 0) is 70.1 Å². The molecule has 100 valence electrons. The van der Waals surface area contributed by atoms with Gasteiger partial charge in [0.15, 0.2) is 0 Å². The Bertz CT molecular complexity index is 326. The first-order chi connectivity index (χ1) is 8.86. The van der Waals surface area contributed by atoms with Crippen LogP contribution in [0.3, 0.4) is 0 Å². The predicted octanol–water partition coefficient (Wildman–Crippen LogP) is 2.09. The molecule has 1 N–H and O–H groups in total. The highest BCUT2D eigenvalue weighted by molar-refractivity contribution is 5.09. The second-order valence-electron chi connectivity index (χ2n) is 5.27. The van der Waals surface area contributed by atoms with Crippen molar-refractivity contribution in [1.82, 2.24) is 15.2 Å². The van der Waals surface area contributed by atoms with E-state index in [9.17, 15) is 0 Å². The molecule has 0 aromatic carbocycles. The highest BCUT2D eigenvalue weighted by Gasteiger charge is 2.17. The Morgan fingerprint density at radius 3 is 2.89 bits per heavy atom. The first-order valence-corrected chi connectivity index (χ1v) is 7.16. The van der Waals surface area contributed by atoms with Gasteiger partial charge in [0.25, 0.3) is 0 Å². The van der Waals surface area contributed by atoms with Crippen LogP contribution in [-0.4, -0.2) is 42.6 Å². The molecule has 3 heteroatoms. The van der Waals surface area contributed by atoms with Gasteiger partial charge >= 0.3 is 0 Å². The third kappa shape index (κ3) is 4.39. The lowest BCUT2D eigenvalue weighted by atomic mass is 10.0. The molecule has 1 unspecified atom stereocenters. The maximum absolute atomic E-state index is 4.03. The fourth-order valence-electron chi connectivity index (χ4n) is 2.68. The van der Waals surface area contributed by atoms with Crippen LogP contribution in [0.5, 0.6) is 0 Å². The van der Waals surface area contributed by atoms with Gasteiger partial charge in [-0.1, -0.05) is 6.42 Å². The van der Waals surface area contributed by atoms with Crippen molar-refractivity contribution >= 4 is 0 Å². The molecule has 1 aliphatic heterocycles. The predicted molar refractivity (Wildman–Crippen MR) is 75.7 cm³/mol. The van der Waals surface area contributed by atoms with Crippen LogP contribution in [0.25, 0.3) is 0 Å². The van der Waals surface area contributed by atoms with E-state index in [0.717, 1.165) is 25.6 Å². The minimum atomic E-state index is 0.798. The number of nitrogens with one attached hydrogen (secondary N) is 1. The van der Waals surface area contributed by atoms with Crippen molar-refractivity contribution < 1.29 is 0 Å². The van der Waals surface area contributed by atoms with Gasteiger partial charge in [0.1, 0.15) is 0 Å². The Morgan fingerprint density at radius 2 is 2.11 bits per heavy atom. The Hall–Kier alpha value is -0.930. The third-order valence-electron chi connectivity index (χ3n) is 3.92. The molecule has 2 heterocycles. The van der Waals surface area contributed by atoms with E-state index in [-0.39, 0.29) is 0 Å². The summed E-state index contributed by atoms with van der Waals surface area (Å²) >= 11 is 0. The maximum atomic E-state index is 4.03. The number of rotatable bonds is 6. The van der Waals surface area contributed by atoms with Gasteiger partial charge in [-0.25, -0.2) is 0 Å². The third-order valence-corrected chi connectivity index (χ3v) is 3.92. The summed E-state index contributed by atoms with van der Waals surface area (Å²) in [4.78, 5) is 6.56. The lowest BCUT2D eigenvalue weighted by Gasteiger charge is -2.32. The molecule has 2 rings (SSSR count). The van der Waals surface area contributed by atoms with Crippen molar-refractivity contribution in [3.63, 3.8) is 0 Å².